The van der Waals surface area contributed by atoms with E-state index in [4.69, 9.17) is 0 Å². The minimum atomic E-state index is -0.461. The van der Waals surface area contributed by atoms with Crippen molar-refractivity contribution in [3.05, 3.63) is 131 Å². The van der Waals surface area contributed by atoms with Gasteiger partial charge >= 0.3 is 0 Å². The van der Waals surface area contributed by atoms with E-state index in [1.165, 1.54) is 30.6 Å². The Morgan fingerprint density at radius 1 is 0.643 bits per heavy atom. The highest BCUT2D eigenvalue weighted by atomic mass is 16.3. The number of phenolic OH excluding ortho intramolecular Hbond substituents is 2. The van der Waals surface area contributed by atoms with Crippen molar-refractivity contribution in [1.29, 1.82) is 0 Å². The molecular weight excluding hydrogens is 697 g/mol. The van der Waals surface area contributed by atoms with Gasteiger partial charge < -0.3 is 20.0 Å². The van der Waals surface area contributed by atoms with E-state index < -0.39 is 6.04 Å². The first kappa shape index (κ1) is 39.6. The molecule has 0 spiro atoms. The van der Waals surface area contributed by atoms with Crippen molar-refractivity contribution in [2.24, 2.45) is 11.8 Å². The number of benzene rings is 4. The summed E-state index contributed by atoms with van der Waals surface area (Å²) in [5, 5.41) is 20.0. The van der Waals surface area contributed by atoms with Crippen molar-refractivity contribution in [1.82, 2.24) is 19.6 Å². The monoisotopic (exact) mass is 756 g/mol. The molecule has 8 heteroatoms. The number of carbonyl (C=O) groups is 2. The molecule has 2 N–H and O–H groups in total. The van der Waals surface area contributed by atoms with E-state index >= 15 is 0 Å². The number of aromatic hydroxyl groups is 2. The van der Waals surface area contributed by atoms with Crippen LogP contribution in [0.5, 0.6) is 11.5 Å². The summed E-state index contributed by atoms with van der Waals surface area (Å²) in [6, 6.07) is 36.1. The third-order valence-corrected chi connectivity index (χ3v) is 13.7. The van der Waals surface area contributed by atoms with Crippen LogP contribution in [0.1, 0.15) is 75.6 Å². The Labute approximate surface area is 333 Å². The van der Waals surface area contributed by atoms with Crippen molar-refractivity contribution in [2.75, 3.05) is 39.3 Å². The number of carbonyl (C=O) groups excluding carboxylic acids is 2. The Morgan fingerprint density at radius 2 is 1.21 bits per heavy atom. The van der Waals surface area contributed by atoms with Crippen LogP contribution < -0.4 is 0 Å². The maximum Gasteiger partial charge on any atom is 0.245 e. The summed E-state index contributed by atoms with van der Waals surface area (Å²) in [5.41, 5.74) is 4.60. The van der Waals surface area contributed by atoms with E-state index in [1.54, 1.807) is 23.1 Å². The number of hydrogen-bond donors (Lipinski definition) is 2. The lowest BCUT2D eigenvalue weighted by atomic mass is 9.65. The minimum Gasteiger partial charge on any atom is -0.508 e. The highest BCUT2D eigenvalue weighted by Gasteiger charge is 2.49. The molecule has 0 aliphatic carbocycles. The van der Waals surface area contributed by atoms with Gasteiger partial charge in [-0.25, -0.2) is 0 Å². The van der Waals surface area contributed by atoms with Crippen LogP contribution in [0.25, 0.3) is 0 Å². The molecule has 4 fully saturated rings. The Hall–Kier alpha value is -4.66. The summed E-state index contributed by atoms with van der Waals surface area (Å²) >= 11 is 0. The predicted molar refractivity (Wildman–Crippen MR) is 222 cm³/mol. The number of piperidine rings is 2. The summed E-state index contributed by atoms with van der Waals surface area (Å²) in [4.78, 5) is 35.3. The zero-order valence-corrected chi connectivity index (χ0v) is 33.7. The Morgan fingerprint density at radius 3 is 1.82 bits per heavy atom. The van der Waals surface area contributed by atoms with Crippen molar-refractivity contribution in [3.63, 3.8) is 0 Å². The summed E-state index contributed by atoms with van der Waals surface area (Å²) in [6.45, 7) is 16.3. The number of amides is 2. The van der Waals surface area contributed by atoms with Gasteiger partial charge in [-0.1, -0.05) is 113 Å². The predicted octanol–water partition coefficient (Wildman–Crippen LogP) is 7.59. The van der Waals surface area contributed by atoms with Gasteiger partial charge in [0.1, 0.15) is 17.5 Å². The zero-order valence-electron chi connectivity index (χ0n) is 33.7. The number of fused-ring (bicyclic) bond motifs is 2. The first-order valence-electron chi connectivity index (χ1n) is 20.6. The Balaban J connectivity index is 0.000000172. The molecule has 4 aromatic rings. The van der Waals surface area contributed by atoms with E-state index in [2.05, 4.69) is 73.9 Å². The van der Waals surface area contributed by atoms with Crippen LogP contribution >= 0.6 is 0 Å². The van der Waals surface area contributed by atoms with Crippen LogP contribution in [0, 0.1) is 11.8 Å². The van der Waals surface area contributed by atoms with Crippen LogP contribution in [0.4, 0.5) is 0 Å². The fourth-order valence-corrected chi connectivity index (χ4v) is 9.86. The molecule has 0 aromatic heterocycles. The molecular formula is C48H60N4O4. The highest BCUT2D eigenvalue weighted by Crippen LogP contribution is 2.45. The second-order valence-electron chi connectivity index (χ2n) is 17.4. The Kier molecular flexibility index (Phi) is 11.9. The third kappa shape index (κ3) is 8.52. The van der Waals surface area contributed by atoms with Gasteiger partial charge in [0.25, 0.3) is 0 Å². The molecule has 6 atom stereocenters. The second kappa shape index (κ2) is 16.8. The van der Waals surface area contributed by atoms with Gasteiger partial charge in [-0.15, -0.1) is 0 Å². The molecule has 4 heterocycles. The van der Waals surface area contributed by atoms with Gasteiger partial charge in [0.15, 0.2) is 0 Å². The normalized spacial score (nSPS) is 28.6. The van der Waals surface area contributed by atoms with Gasteiger partial charge in [-0.3, -0.25) is 19.4 Å². The molecule has 4 aromatic carbocycles. The van der Waals surface area contributed by atoms with E-state index in [9.17, 15) is 19.8 Å². The van der Waals surface area contributed by atoms with Gasteiger partial charge in [-0.2, -0.15) is 0 Å². The number of hydrogen-bond acceptors (Lipinski definition) is 6. The standard InChI is InChI=1S/C24H28N2O3.C24H32N2O/c1-17-15-26-21(14-24(17,2)19-9-6-10-20(27)13-19)23(29)25(12-11-22(26)28)16-18-7-4-3-5-8-18;1-19-16-26-13-7-12-25(17-20-8-4-3-5-9-20)18-22(26)15-24(19,2)21-10-6-11-23(27)14-21/h3-10,13,17,21,27H,11-12,14-16H2,1-2H3;3-6,8-11,14,19,22,27H,7,12-13,15-18H2,1-2H3/t17-,21+,24+;19-,22+,24+/m00/s1. The molecule has 4 aliphatic rings. The first-order chi connectivity index (χ1) is 26.9. The topological polar surface area (TPSA) is 87.6 Å². The molecule has 4 aliphatic heterocycles. The first-order valence-corrected chi connectivity index (χ1v) is 20.6. The average molecular weight is 757 g/mol. The van der Waals surface area contributed by atoms with Crippen LogP contribution in [0.15, 0.2) is 109 Å². The van der Waals surface area contributed by atoms with Crippen LogP contribution in [-0.4, -0.2) is 93.0 Å². The summed E-state index contributed by atoms with van der Waals surface area (Å²) in [7, 11) is 0. The highest BCUT2D eigenvalue weighted by molar-refractivity contribution is 5.90. The molecule has 56 heavy (non-hydrogen) atoms. The smallest absolute Gasteiger partial charge is 0.245 e. The summed E-state index contributed by atoms with van der Waals surface area (Å²) in [6.07, 6.45) is 3.33. The number of phenols is 2. The van der Waals surface area contributed by atoms with Crippen molar-refractivity contribution < 1.29 is 19.8 Å². The van der Waals surface area contributed by atoms with Crippen LogP contribution in [-0.2, 0) is 33.5 Å². The molecule has 8 rings (SSSR count). The lowest BCUT2D eigenvalue weighted by Crippen LogP contribution is -2.58. The quantitative estimate of drug-likeness (QED) is 0.211. The molecule has 4 saturated heterocycles. The SMILES string of the molecule is C[C@H]1CN2C(=O)CCN(Cc3ccccc3)C(=O)[C@H]2C[C@@]1(C)c1cccc(O)c1.C[C@H]1CN2CCCN(Cc3ccccc3)C[C@H]2C[C@@]1(C)c1cccc(O)c1. The van der Waals surface area contributed by atoms with Gasteiger partial charge in [0.05, 0.1) is 0 Å². The van der Waals surface area contributed by atoms with Crippen molar-refractivity contribution in [2.45, 2.75) is 89.4 Å². The largest absolute Gasteiger partial charge is 0.508 e. The summed E-state index contributed by atoms with van der Waals surface area (Å²) in [5.74, 6) is 1.46. The van der Waals surface area contributed by atoms with Crippen LogP contribution in [0.2, 0.25) is 0 Å². The van der Waals surface area contributed by atoms with Gasteiger partial charge in [-0.05, 0) is 102 Å². The molecule has 296 valence electrons. The average Bonchev–Trinajstić information content (AvgIpc) is 3.44. The molecule has 0 bridgehead atoms. The number of rotatable bonds is 6. The Bertz CT molecular complexity index is 1960. The van der Waals surface area contributed by atoms with Gasteiger partial charge in [0, 0.05) is 51.7 Å². The number of nitrogens with zero attached hydrogens (tertiary/aromatic N) is 4. The minimum absolute atomic E-state index is 0.0259. The lowest BCUT2D eigenvalue weighted by molar-refractivity contribution is -0.146. The van der Waals surface area contributed by atoms with Crippen LogP contribution in [0.3, 0.4) is 0 Å². The van der Waals surface area contributed by atoms with E-state index in [-0.39, 0.29) is 34.3 Å². The molecule has 2 amide bonds. The summed E-state index contributed by atoms with van der Waals surface area (Å²) < 4.78 is 0. The van der Waals surface area contributed by atoms with Gasteiger partial charge in [0.2, 0.25) is 11.8 Å². The maximum absolute atomic E-state index is 13.5. The fourth-order valence-electron chi connectivity index (χ4n) is 9.86. The lowest BCUT2D eigenvalue weighted by Gasteiger charge is -2.49. The molecule has 0 radical (unpaired) electrons. The fraction of sp³-hybridized carbons (Fsp3) is 0.458. The zero-order chi connectivity index (χ0) is 39.5. The van der Waals surface area contributed by atoms with E-state index in [1.807, 2.05) is 59.5 Å². The molecule has 8 nitrogen and oxygen atoms in total. The second-order valence-corrected chi connectivity index (χ2v) is 17.4. The third-order valence-electron chi connectivity index (χ3n) is 13.7. The van der Waals surface area contributed by atoms with E-state index in [0.29, 0.717) is 50.2 Å². The van der Waals surface area contributed by atoms with E-state index in [0.717, 1.165) is 37.2 Å². The maximum atomic E-state index is 13.5. The molecule has 0 saturated carbocycles. The molecule has 0 unspecified atom stereocenters. The van der Waals surface area contributed by atoms with Crippen molar-refractivity contribution in [3.8, 4) is 11.5 Å². The van der Waals surface area contributed by atoms with Crippen molar-refractivity contribution >= 4 is 11.8 Å².